The molecule has 0 spiro atoms. The van der Waals surface area contributed by atoms with Gasteiger partial charge in [0.25, 0.3) is 5.91 Å². The van der Waals surface area contributed by atoms with Crippen LogP contribution < -0.4 is 11.1 Å². The predicted molar refractivity (Wildman–Crippen MR) is 86.9 cm³/mol. The zero-order valence-electron chi connectivity index (χ0n) is 13.4. The molecule has 6 nitrogen and oxygen atoms in total. The molecule has 23 heavy (non-hydrogen) atoms. The molecule has 0 aromatic heterocycles. The summed E-state index contributed by atoms with van der Waals surface area (Å²) in [6, 6.07) is 7.10. The van der Waals surface area contributed by atoms with Gasteiger partial charge in [-0.3, -0.25) is 4.79 Å². The Bertz CT molecular complexity index is 524. The van der Waals surface area contributed by atoms with Gasteiger partial charge in [0.15, 0.2) is 6.29 Å². The average molecular weight is 320 g/mol. The average Bonchev–Trinajstić information content (AvgIpc) is 3.08. The highest BCUT2D eigenvalue weighted by Crippen LogP contribution is 2.10. The molecule has 1 aromatic carbocycles. The standard InChI is InChI=1S/C17H24N2O4/c1-12(21-2)15(18)11-13-3-5-14(6-4-13)17(20)19-8-7-16-22-9-10-23-16/h3-6,15-16H,1,7-11,18H2,2H3,(H,19,20). The Morgan fingerprint density at radius 3 is 2.65 bits per heavy atom. The van der Waals surface area contributed by atoms with Crippen LogP contribution in [-0.2, 0) is 20.6 Å². The molecule has 0 radical (unpaired) electrons. The van der Waals surface area contributed by atoms with Crippen LogP contribution in [0.3, 0.4) is 0 Å². The Morgan fingerprint density at radius 2 is 2.04 bits per heavy atom. The van der Waals surface area contributed by atoms with Gasteiger partial charge in [-0.05, 0) is 24.1 Å². The highest BCUT2D eigenvalue weighted by atomic mass is 16.7. The Hall–Kier alpha value is -1.89. The molecule has 1 aromatic rings. The van der Waals surface area contributed by atoms with E-state index in [9.17, 15) is 4.79 Å². The van der Waals surface area contributed by atoms with E-state index in [0.717, 1.165) is 5.56 Å². The second kappa shape index (κ2) is 8.67. The summed E-state index contributed by atoms with van der Waals surface area (Å²) in [6.07, 6.45) is 1.07. The zero-order valence-corrected chi connectivity index (χ0v) is 13.4. The normalized spacial score (nSPS) is 16.1. The summed E-state index contributed by atoms with van der Waals surface area (Å²) in [5.74, 6) is 0.434. The fourth-order valence-electron chi connectivity index (χ4n) is 2.29. The van der Waals surface area contributed by atoms with Crippen LogP contribution in [-0.4, -0.2) is 45.1 Å². The van der Waals surface area contributed by atoms with Crippen LogP contribution >= 0.6 is 0 Å². The first-order valence-corrected chi connectivity index (χ1v) is 7.69. The summed E-state index contributed by atoms with van der Waals surface area (Å²) in [6.45, 7) is 5.51. The minimum absolute atomic E-state index is 0.111. The molecule has 1 unspecified atom stereocenters. The van der Waals surface area contributed by atoms with E-state index in [4.69, 9.17) is 19.9 Å². The van der Waals surface area contributed by atoms with E-state index in [1.54, 1.807) is 19.2 Å². The van der Waals surface area contributed by atoms with E-state index in [1.165, 1.54) is 0 Å². The molecule has 1 fully saturated rings. The maximum absolute atomic E-state index is 12.1. The van der Waals surface area contributed by atoms with Gasteiger partial charge in [0.1, 0.15) is 5.76 Å². The first kappa shape index (κ1) is 17.5. The second-order valence-corrected chi connectivity index (χ2v) is 5.39. The molecule has 3 N–H and O–H groups in total. The van der Waals surface area contributed by atoms with E-state index in [0.29, 0.717) is 43.9 Å². The van der Waals surface area contributed by atoms with Crippen LogP contribution in [0, 0.1) is 0 Å². The number of carbonyl (C=O) groups excluding carboxylic acids is 1. The number of nitrogens with two attached hydrogens (primary N) is 1. The Labute approximate surface area is 136 Å². The molecule has 1 saturated heterocycles. The number of hydrogen-bond acceptors (Lipinski definition) is 5. The summed E-state index contributed by atoms with van der Waals surface area (Å²) < 4.78 is 15.7. The summed E-state index contributed by atoms with van der Waals surface area (Å²) in [5, 5.41) is 2.86. The van der Waals surface area contributed by atoms with Crippen molar-refractivity contribution in [1.29, 1.82) is 0 Å². The fraction of sp³-hybridized carbons (Fsp3) is 0.471. The van der Waals surface area contributed by atoms with Crippen molar-refractivity contribution < 1.29 is 19.0 Å². The largest absolute Gasteiger partial charge is 0.500 e. The van der Waals surface area contributed by atoms with Crippen LogP contribution in [0.4, 0.5) is 0 Å². The predicted octanol–water partition coefficient (Wildman–Crippen LogP) is 1.21. The van der Waals surface area contributed by atoms with Gasteiger partial charge in [0.2, 0.25) is 0 Å². The number of hydrogen-bond donors (Lipinski definition) is 2. The molecule has 1 atom stereocenters. The third-order valence-electron chi connectivity index (χ3n) is 3.70. The van der Waals surface area contributed by atoms with Gasteiger partial charge in [-0.1, -0.05) is 18.7 Å². The third kappa shape index (κ3) is 5.35. The van der Waals surface area contributed by atoms with Crippen molar-refractivity contribution in [2.24, 2.45) is 5.73 Å². The molecule has 1 heterocycles. The maximum atomic E-state index is 12.1. The smallest absolute Gasteiger partial charge is 0.251 e. The second-order valence-electron chi connectivity index (χ2n) is 5.39. The van der Waals surface area contributed by atoms with Crippen molar-refractivity contribution in [3.8, 4) is 0 Å². The number of ether oxygens (including phenoxy) is 3. The van der Waals surface area contributed by atoms with Gasteiger partial charge in [-0.25, -0.2) is 0 Å². The Balaban J connectivity index is 1.78. The van der Waals surface area contributed by atoms with Crippen LogP contribution in [0.5, 0.6) is 0 Å². The first-order valence-electron chi connectivity index (χ1n) is 7.69. The van der Waals surface area contributed by atoms with Crippen LogP contribution in [0.2, 0.25) is 0 Å². The van der Waals surface area contributed by atoms with Gasteiger partial charge >= 0.3 is 0 Å². The van der Waals surface area contributed by atoms with Gasteiger partial charge in [-0.2, -0.15) is 0 Å². The molecule has 2 rings (SSSR count). The Kier molecular flexibility index (Phi) is 6.58. The highest BCUT2D eigenvalue weighted by Gasteiger charge is 2.16. The monoisotopic (exact) mass is 320 g/mol. The van der Waals surface area contributed by atoms with Crippen LogP contribution in [0.25, 0.3) is 0 Å². The highest BCUT2D eigenvalue weighted by molar-refractivity contribution is 5.94. The lowest BCUT2D eigenvalue weighted by Crippen LogP contribution is -2.27. The molecule has 1 amide bonds. The van der Waals surface area contributed by atoms with Crippen molar-refractivity contribution in [3.05, 3.63) is 47.7 Å². The van der Waals surface area contributed by atoms with Crippen molar-refractivity contribution in [2.45, 2.75) is 25.2 Å². The number of nitrogens with one attached hydrogen (secondary N) is 1. The summed E-state index contributed by atoms with van der Waals surface area (Å²) in [7, 11) is 1.55. The van der Waals surface area contributed by atoms with Crippen molar-refractivity contribution in [3.63, 3.8) is 0 Å². The number of methoxy groups -OCH3 is 1. The molecule has 0 aliphatic carbocycles. The molecule has 1 aliphatic rings. The minimum Gasteiger partial charge on any atom is -0.500 e. The van der Waals surface area contributed by atoms with Crippen LogP contribution in [0.15, 0.2) is 36.6 Å². The van der Waals surface area contributed by atoms with Gasteiger partial charge in [0.05, 0.1) is 26.4 Å². The number of rotatable bonds is 8. The number of amides is 1. The van der Waals surface area contributed by atoms with Crippen molar-refractivity contribution in [2.75, 3.05) is 26.9 Å². The van der Waals surface area contributed by atoms with Gasteiger partial charge < -0.3 is 25.3 Å². The summed E-state index contributed by atoms with van der Waals surface area (Å²) in [5.41, 5.74) is 7.60. The maximum Gasteiger partial charge on any atom is 0.251 e. The number of benzene rings is 1. The summed E-state index contributed by atoms with van der Waals surface area (Å²) >= 11 is 0. The molecule has 0 saturated carbocycles. The van der Waals surface area contributed by atoms with Crippen molar-refractivity contribution >= 4 is 5.91 Å². The van der Waals surface area contributed by atoms with E-state index in [-0.39, 0.29) is 18.2 Å². The Morgan fingerprint density at radius 1 is 1.39 bits per heavy atom. The first-order chi connectivity index (χ1) is 11.1. The van der Waals surface area contributed by atoms with Gasteiger partial charge in [0, 0.05) is 18.5 Å². The number of carbonyl (C=O) groups is 1. The lowest BCUT2D eigenvalue weighted by atomic mass is 10.0. The van der Waals surface area contributed by atoms with E-state index in [2.05, 4.69) is 11.9 Å². The third-order valence-corrected chi connectivity index (χ3v) is 3.70. The lowest BCUT2D eigenvalue weighted by Gasteiger charge is -2.14. The van der Waals surface area contributed by atoms with E-state index in [1.807, 2.05) is 12.1 Å². The molecule has 6 heteroatoms. The van der Waals surface area contributed by atoms with Crippen molar-refractivity contribution in [1.82, 2.24) is 5.32 Å². The fourth-order valence-corrected chi connectivity index (χ4v) is 2.29. The van der Waals surface area contributed by atoms with Crippen LogP contribution in [0.1, 0.15) is 22.3 Å². The molecule has 0 bridgehead atoms. The minimum atomic E-state index is -0.258. The summed E-state index contributed by atoms with van der Waals surface area (Å²) in [4.78, 5) is 12.1. The molecular formula is C17H24N2O4. The lowest BCUT2D eigenvalue weighted by molar-refractivity contribution is -0.0455. The van der Waals surface area contributed by atoms with E-state index < -0.39 is 0 Å². The molecule has 1 aliphatic heterocycles. The zero-order chi connectivity index (χ0) is 16.7. The topological polar surface area (TPSA) is 82.8 Å². The van der Waals surface area contributed by atoms with Gasteiger partial charge in [-0.15, -0.1) is 0 Å². The molecular weight excluding hydrogens is 296 g/mol. The van der Waals surface area contributed by atoms with E-state index >= 15 is 0 Å². The SMILES string of the molecule is C=C(OC)C(N)Cc1ccc(C(=O)NCCC2OCCO2)cc1. The quantitative estimate of drug-likeness (QED) is 0.704. The molecule has 126 valence electrons.